The molecular weight excluding hydrogens is 284 g/mol. The molecule has 1 aromatic rings. The van der Waals surface area contributed by atoms with Crippen LogP contribution in [-0.2, 0) is 9.53 Å². The number of hydrogen-bond acceptors (Lipinski definition) is 4. The van der Waals surface area contributed by atoms with Crippen molar-refractivity contribution in [2.45, 2.75) is 37.5 Å². The number of rotatable bonds is 6. The van der Waals surface area contributed by atoms with E-state index in [0.29, 0.717) is 29.0 Å². The van der Waals surface area contributed by atoms with Crippen molar-refractivity contribution in [3.8, 4) is 6.07 Å². The highest BCUT2D eigenvalue weighted by Crippen LogP contribution is 2.26. The molecule has 5 heteroatoms. The average molecular weight is 304 g/mol. The first-order valence-electron chi connectivity index (χ1n) is 7.22. The normalized spacial score (nSPS) is 21.0. The van der Waals surface area contributed by atoms with Crippen LogP contribution in [0.25, 0.3) is 0 Å². The molecule has 1 aromatic carbocycles. The van der Waals surface area contributed by atoms with Gasteiger partial charge in [-0.3, -0.25) is 4.79 Å². The minimum Gasteiger partial charge on any atom is -0.377 e. The van der Waals surface area contributed by atoms with E-state index in [9.17, 15) is 4.79 Å². The number of nitrogens with one attached hydrogen (secondary N) is 1. The van der Waals surface area contributed by atoms with Gasteiger partial charge in [0.15, 0.2) is 0 Å². The van der Waals surface area contributed by atoms with Crippen LogP contribution < -0.4 is 5.32 Å². The second-order valence-electron chi connectivity index (χ2n) is 5.12. The molecule has 0 aliphatic carbocycles. The molecule has 1 heterocycles. The van der Waals surface area contributed by atoms with E-state index in [-0.39, 0.29) is 5.91 Å². The lowest BCUT2D eigenvalue weighted by atomic mass is 10.2. The lowest BCUT2D eigenvalue weighted by Gasteiger charge is -2.13. The molecule has 0 aromatic heterocycles. The lowest BCUT2D eigenvalue weighted by Crippen LogP contribution is -2.15. The third-order valence-electron chi connectivity index (χ3n) is 3.46. The van der Waals surface area contributed by atoms with Crippen LogP contribution in [0.2, 0.25) is 0 Å². The van der Waals surface area contributed by atoms with E-state index in [0.717, 1.165) is 25.2 Å². The summed E-state index contributed by atoms with van der Waals surface area (Å²) in [5, 5.41) is 12.2. The van der Waals surface area contributed by atoms with E-state index in [2.05, 4.69) is 18.3 Å². The number of thioether (sulfide) groups is 1. The van der Waals surface area contributed by atoms with Crippen LogP contribution in [0.3, 0.4) is 0 Å². The highest BCUT2D eigenvalue weighted by molar-refractivity contribution is 7.99. The van der Waals surface area contributed by atoms with Crippen molar-refractivity contribution < 1.29 is 9.53 Å². The van der Waals surface area contributed by atoms with Gasteiger partial charge in [-0.2, -0.15) is 17.0 Å². The Morgan fingerprint density at radius 3 is 3.14 bits per heavy atom. The van der Waals surface area contributed by atoms with Crippen LogP contribution in [-0.4, -0.2) is 29.6 Å². The van der Waals surface area contributed by atoms with E-state index in [4.69, 9.17) is 10.00 Å². The second-order valence-corrected chi connectivity index (χ2v) is 6.47. The van der Waals surface area contributed by atoms with Crippen molar-refractivity contribution in [3.63, 3.8) is 0 Å². The maximum atomic E-state index is 11.8. The van der Waals surface area contributed by atoms with Crippen molar-refractivity contribution in [2.75, 3.05) is 17.7 Å². The highest BCUT2D eigenvalue weighted by Gasteiger charge is 2.24. The standard InChI is InChI=1S/C16H20N2O2S/c1-12-15(7-8-20-12)21-9-3-6-16(19)18-14-5-2-4-13(10-14)11-17/h2,4-5,10,12,15H,3,6-9H2,1H3,(H,18,19). The number of amides is 1. The molecule has 2 rings (SSSR count). The van der Waals surface area contributed by atoms with Gasteiger partial charge < -0.3 is 10.1 Å². The van der Waals surface area contributed by atoms with Gasteiger partial charge in [-0.25, -0.2) is 0 Å². The van der Waals surface area contributed by atoms with Gasteiger partial charge in [-0.1, -0.05) is 6.07 Å². The van der Waals surface area contributed by atoms with Gasteiger partial charge in [0.05, 0.1) is 17.7 Å². The zero-order valence-corrected chi connectivity index (χ0v) is 13.0. The van der Waals surface area contributed by atoms with Crippen molar-refractivity contribution in [1.82, 2.24) is 0 Å². The summed E-state index contributed by atoms with van der Waals surface area (Å²) in [6.07, 6.45) is 2.81. The molecule has 0 saturated carbocycles. The molecular formula is C16H20N2O2S. The smallest absolute Gasteiger partial charge is 0.224 e. The summed E-state index contributed by atoms with van der Waals surface area (Å²) in [5.74, 6) is 0.978. The second kappa shape index (κ2) is 8.06. The molecule has 1 saturated heterocycles. The number of anilines is 1. The number of carbonyl (C=O) groups excluding carboxylic acids is 1. The van der Waals surface area contributed by atoms with Gasteiger partial charge >= 0.3 is 0 Å². The number of ether oxygens (including phenoxy) is 1. The van der Waals surface area contributed by atoms with E-state index >= 15 is 0 Å². The Morgan fingerprint density at radius 1 is 1.57 bits per heavy atom. The summed E-state index contributed by atoms with van der Waals surface area (Å²) < 4.78 is 5.52. The van der Waals surface area contributed by atoms with Gasteiger partial charge in [0.25, 0.3) is 0 Å². The zero-order valence-electron chi connectivity index (χ0n) is 12.2. The minimum atomic E-state index is 0.00131. The lowest BCUT2D eigenvalue weighted by molar-refractivity contribution is -0.116. The molecule has 1 aliphatic heterocycles. The summed E-state index contributed by atoms with van der Waals surface area (Å²) in [6, 6.07) is 9.03. The summed E-state index contributed by atoms with van der Waals surface area (Å²) in [7, 11) is 0. The molecule has 2 unspecified atom stereocenters. The van der Waals surface area contributed by atoms with Gasteiger partial charge in [0.1, 0.15) is 0 Å². The molecule has 1 aliphatic rings. The van der Waals surface area contributed by atoms with Crippen LogP contribution >= 0.6 is 11.8 Å². The summed E-state index contributed by atoms with van der Waals surface area (Å²) in [4.78, 5) is 11.8. The van der Waals surface area contributed by atoms with Crippen LogP contribution in [0.5, 0.6) is 0 Å². The SMILES string of the molecule is CC1OCCC1SCCCC(=O)Nc1cccc(C#N)c1. The Hall–Kier alpha value is -1.51. The molecule has 1 N–H and O–H groups in total. The first-order valence-corrected chi connectivity index (χ1v) is 8.27. The molecule has 112 valence electrons. The summed E-state index contributed by atoms with van der Waals surface area (Å²) >= 11 is 1.90. The molecule has 4 nitrogen and oxygen atoms in total. The first kappa shape index (κ1) is 15.9. The average Bonchev–Trinajstić information content (AvgIpc) is 2.89. The molecule has 21 heavy (non-hydrogen) atoms. The number of hydrogen-bond donors (Lipinski definition) is 1. The monoisotopic (exact) mass is 304 g/mol. The van der Waals surface area contributed by atoms with Gasteiger partial charge in [-0.05, 0) is 43.7 Å². The van der Waals surface area contributed by atoms with E-state index < -0.39 is 0 Å². The van der Waals surface area contributed by atoms with Crippen LogP contribution in [0.1, 0.15) is 31.7 Å². The Balaban J connectivity index is 1.66. The molecule has 0 spiro atoms. The Kier molecular flexibility index (Phi) is 6.09. The van der Waals surface area contributed by atoms with Crippen LogP contribution in [0.4, 0.5) is 5.69 Å². The number of nitriles is 1. The Bertz CT molecular complexity index is 527. The van der Waals surface area contributed by atoms with Crippen molar-refractivity contribution in [3.05, 3.63) is 29.8 Å². The first-order chi connectivity index (χ1) is 10.2. The predicted molar refractivity (Wildman–Crippen MR) is 85.3 cm³/mol. The van der Waals surface area contributed by atoms with Crippen molar-refractivity contribution in [1.29, 1.82) is 5.26 Å². The fourth-order valence-electron chi connectivity index (χ4n) is 2.29. The van der Waals surface area contributed by atoms with Gasteiger partial charge in [-0.15, -0.1) is 0 Å². The van der Waals surface area contributed by atoms with Crippen molar-refractivity contribution >= 4 is 23.4 Å². The Labute approximate surface area is 129 Å². The van der Waals surface area contributed by atoms with Crippen LogP contribution in [0, 0.1) is 11.3 Å². The molecule has 1 fully saturated rings. The largest absolute Gasteiger partial charge is 0.377 e. The van der Waals surface area contributed by atoms with Gasteiger partial charge in [0.2, 0.25) is 5.91 Å². The minimum absolute atomic E-state index is 0.00131. The molecule has 1 amide bonds. The topological polar surface area (TPSA) is 62.1 Å². The maximum Gasteiger partial charge on any atom is 0.224 e. The van der Waals surface area contributed by atoms with Crippen LogP contribution in [0.15, 0.2) is 24.3 Å². The molecule has 2 atom stereocenters. The maximum absolute atomic E-state index is 11.8. The number of benzene rings is 1. The van der Waals surface area contributed by atoms with E-state index in [1.807, 2.05) is 11.8 Å². The third-order valence-corrected chi connectivity index (χ3v) is 5.03. The summed E-state index contributed by atoms with van der Waals surface area (Å²) in [5.41, 5.74) is 1.24. The fraction of sp³-hybridized carbons (Fsp3) is 0.500. The van der Waals surface area contributed by atoms with E-state index in [1.165, 1.54) is 0 Å². The number of nitrogens with zero attached hydrogens (tertiary/aromatic N) is 1. The zero-order chi connectivity index (χ0) is 15.1. The summed E-state index contributed by atoms with van der Waals surface area (Å²) in [6.45, 7) is 2.97. The fourth-order valence-corrected chi connectivity index (χ4v) is 3.51. The number of carbonyl (C=O) groups is 1. The Morgan fingerprint density at radius 2 is 2.43 bits per heavy atom. The van der Waals surface area contributed by atoms with Crippen molar-refractivity contribution in [2.24, 2.45) is 0 Å². The predicted octanol–water partition coefficient (Wildman–Crippen LogP) is 3.19. The molecule has 0 radical (unpaired) electrons. The quantitative estimate of drug-likeness (QED) is 0.820. The van der Waals surface area contributed by atoms with E-state index in [1.54, 1.807) is 24.3 Å². The molecule has 0 bridgehead atoms. The van der Waals surface area contributed by atoms with Gasteiger partial charge in [0, 0.05) is 24.0 Å². The third kappa shape index (κ3) is 5.07. The highest BCUT2D eigenvalue weighted by atomic mass is 32.2.